The predicted molar refractivity (Wildman–Crippen MR) is 66.0 cm³/mol. The standard InChI is InChI=1S/C13H10ClNO2/c1-8(14)13-15-6-12(17-13)10-7-16-11-5-3-2-4-9(10)11/h2-8H,1H3. The highest BCUT2D eigenvalue weighted by Crippen LogP contribution is 2.32. The lowest BCUT2D eigenvalue weighted by Gasteiger charge is -1.94. The summed E-state index contributed by atoms with van der Waals surface area (Å²) in [5, 5.41) is 0.777. The number of furan rings is 1. The summed E-state index contributed by atoms with van der Waals surface area (Å²) >= 11 is 5.92. The topological polar surface area (TPSA) is 39.2 Å². The fourth-order valence-corrected chi connectivity index (χ4v) is 1.87. The van der Waals surface area contributed by atoms with E-state index in [9.17, 15) is 0 Å². The molecule has 0 N–H and O–H groups in total. The summed E-state index contributed by atoms with van der Waals surface area (Å²) in [5.74, 6) is 1.20. The average molecular weight is 248 g/mol. The van der Waals surface area contributed by atoms with Gasteiger partial charge >= 0.3 is 0 Å². The lowest BCUT2D eigenvalue weighted by atomic mass is 10.1. The minimum Gasteiger partial charge on any atom is -0.464 e. The van der Waals surface area contributed by atoms with Crippen molar-refractivity contribution in [3.05, 3.63) is 42.6 Å². The maximum absolute atomic E-state index is 5.92. The number of benzene rings is 1. The zero-order valence-electron chi connectivity index (χ0n) is 9.18. The Morgan fingerprint density at radius 1 is 1.29 bits per heavy atom. The van der Waals surface area contributed by atoms with Crippen LogP contribution in [0.4, 0.5) is 0 Å². The molecule has 0 spiro atoms. The molecule has 0 saturated heterocycles. The fourth-order valence-electron chi connectivity index (χ4n) is 1.76. The summed E-state index contributed by atoms with van der Waals surface area (Å²) in [6.07, 6.45) is 3.35. The summed E-state index contributed by atoms with van der Waals surface area (Å²) in [4.78, 5) is 4.14. The first-order valence-corrected chi connectivity index (χ1v) is 5.76. The van der Waals surface area contributed by atoms with Gasteiger partial charge in [0.2, 0.25) is 5.89 Å². The molecule has 3 nitrogen and oxygen atoms in total. The van der Waals surface area contributed by atoms with Crippen LogP contribution in [-0.2, 0) is 0 Å². The molecule has 2 heterocycles. The van der Waals surface area contributed by atoms with E-state index in [2.05, 4.69) is 4.98 Å². The molecule has 4 heteroatoms. The van der Waals surface area contributed by atoms with Crippen molar-refractivity contribution in [3.8, 4) is 11.3 Å². The lowest BCUT2D eigenvalue weighted by Crippen LogP contribution is -1.80. The molecule has 0 saturated carbocycles. The Hall–Kier alpha value is -1.74. The molecule has 1 atom stereocenters. The molecule has 0 bridgehead atoms. The van der Waals surface area contributed by atoms with Gasteiger partial charge in [-0.1, -0.05) is 18.2 Å². The third-order valence-corrected chi connectivity index (χ3v) is 2.80. The summed E-state index contributed by atoms with van der Waals surface area (Å²) < 4.78 is 11.0. The first-order valence-electron chi connectivity index (χ1n) is 5.32. The number of para-hydroxylation sites is 1. The number of aromatic nitrogens is 1. The van der Waals surface area contributed by atoms with Crippen molar-refractivity contribution < 1.29 is 8.83 Å². The van der Waals surface area contributed by atoms with Crippen LogP contribution < -0.4 is 0 Å². The highest BCUT2D eigenvalue weighted by molar-refractivity contribution is 6.20. The van der Waals surface area contributed by atoms with Crippen LogP contribution in [0.3, 0.4) is 0 Å². The largest absolute Gasteiger partial charge is 0.464 e. The van der Waals surface area contributed by atoms with Crippen molar-refractivity contribution in [1.82, 2.24) is 4.98 Å². The maximum atomic E-state index is 5.92. The number of halogens is 1. The summed E-state index contributed by atoms with van der Waals surface area (Å²) in [6.45, 7) is 1.82. The molecule has 0 fully saturated rings. The van der Waals surface area contributed by atoms with E-state index in [1.165, 1.54) is 0 Å². The van der Waals surface area contributed by atoms with E-state index in [1.807, 2.05) is 31.2 Å². The van der Waals surface area contributed by atoms with Crippen LogP contribution in [0.25, 0.3) is 22.3 Å². The molecule has 86 valence electrons. The Kier molecular flexibility index (Phi) is 2.41. The molecule has 0 amide bonds. The highest BCUT2D eigenvalue weighted by atomic mass is 35.5. The van der Waals surface area contributed by atoms with Gasteiger partial charge in [-0.15, -0.1) is 11.6 Å². The molecule has 0 radical (unpaired) electrons. The van der Waals surface area contributed by atoms with E-state index >= 15 is 0 Å². The smallest absolute Gasteiger partial charge is 0.212 e. The third-order valence-electron chi connectivity index (χ3n) is 2.61. The fraction of sp³-hybridized carbons (Fsp3) is 0.154. The van der Waals surface area contributed by atoms with Crippen LogP contribution in [0.1, 0.15) is 18.2 Å². The molecule has 3 aromatic rings. The van der Waals surface area contributed by atoms with Gasteiger partial charge in [0.1, 0.15) is 17.2 Å². The molecule has 17 heavy (non-hydrogen) atoms. The molecular weight excluding hydrogens is 238 g/mol. The van der Waals surface area contributed by atoms with E-state index in [1.54, 1.807) is 12.5 Å². The molecule has 2 aromatic heterocycles. The third kappa shape index (κ3) is 1.72. The van der Waals surface area contributed by atoms with E-state index in [0.29, 0.717) is 11.7 Å². The minimum atomic E-state index is -0.234. The van der Waals surface area contributed by atoms with Crippen molar-refractivity contribution in [2.24, 2.45) is 0 Å². The Morgan fingerprint density at radius 2 is 2.12 bits per heavy atom. The second-order valence-electron chi connectivity index (χ2n) is 3.82. The Bertz CT molecular complexity index is 654. The first-order chi connectivity index (χ1) is 8.25. The number of oxazole rings is 1. The van der Waals surface area contributed by atoms with Gasteiger partial charge in [0.25, 0.3) is 0 Å². The van der Waals surface area contributed by atoms with Gasteiger partial charge in [-0.3, -0.25) is 0 Å². The second kappa shape index (κ2) is 3.93. The van der Waals surface area contributed by atoms with Gasteiger partial charge in [-0.25, -0.2) is 4.98 Å². The Morgan fingerprint density at radius 3 is 2.88 bits per heavy atom. The van der Waals surface area contributed by atoms with Crippen LogP contribution in [0.2, 0.25) is 0 Å². The van der Waals surface area contributed by atoms with Gasteiger partial charge in [0.05, 0.1) is 11.8 Å². The van der Waals surface area contributed by atoms with Crippen LogP contribution in [0.15, 0.2) is 45.6 Å². The summed E-state index contributed by atoms with van der Waals surface area (Å²) in [5.41, 5.74) is 1.73. The van der Waals surface area contributed by atoms with Crippen molar-refractivity contribution in [1.29, 1.82) is 0 Å². The number of fused-ring (bicyclic) bond motifs is 1. The minimum absolute atomic E-state index is 0.234. The number of alkyl halides is 1. The molecule has 3 rings (SSSR count). The van der Waals surface area contributed by atoms with Gasteiger partial charge in [-0.05, 0) is 13.0 Å². The molecule has 1 unspecified atom stereocenters. The highest BCUT2D eigenvalue weighted by Gasteiger charge is 2.14. The summed E-state index contributed by atoms with van der Waals surface area (Å²) in [6, 6.07) is 7.80. The zero-order chi connectivity index (χ0) is 11.8. The van der Waals surface area contributed by atoms with Crippen LogP contribution in [0.5, 0.6) is 0 Å². The predicted octanol–water partition coefficient (Wildman–Crippen LogP) is 4.39. The molecule has 0 aliphatic carbocycles. The Balaban J connectivity index is 2.14. The molecule has 1 aromatic carbocycles. The van der Waals surface area contributed by atoms with Gasteiger partial charge < -0.3 is 8.83 Å². The van der Waals surface area contributed by atoms with Crippen molar-refractivity contribution in [2.45, 2.75) is 12.3 Å². The van der Waals surface area contributed by atoms with Crippen molar-refractivity contribution in [3.63, 3.8) is 0 Å². The average Bonchev–Trinajstić information content (AvgIpc) is 2.95. The maximum Gasteiger partial charge on any atom is 0.212 e. The number of nitrogens with zero attached hydrogens (tertiary/aromatic N) is 1. The molecule has 0 aliphatic heterocycles. The second-order valence-corrected chi connectivity index (χ2v) is 4.48. The van der Waals surface area contributed by atoms with Crippen LogP contribution in [-0.4, -0.2) is 4.98 Å². The van der Waals surface area contributed by atoms with Crippen LogP contribution >= 0.6 is 11.6 Å². The van der Waals surface area contributed by atoms with Gasteiger partial charge in [0, 0.05) is 5.39 Å². The van der Waals surface area contributed by atoms with Gasteiger partial charge in [-0.2, -0.15) is 0 Å². The van der Waals surface area contributed by atoms with E-state index in [-0.39, 0.29) is 5.38 Å². The molecular formula is C13H10ClNO2. The normalized spacial score (nSPS) is 13.1. The van der Waals surface area contributed by atoms with Crippen molar-refractivity contribution in [2.75, 3.05) is 0 Å². The number of hydrogen-bond acceptors (Lipinski definition) is 3. The SMILES string of the molecule is CC(Cl)c1ncc(-c2coc3ccccc23)o1. The number of hydrogen-bond donors (Lipinski definition) is 0. The van der Waals surface area contributed by atoms with Crippen LogP contribution in [0, 0.1) is 0 Å². The van der Waals surface area contributed by atoms with E-state index in [0.717, 1.165) is 16.5 Å². The lowest BCUT2D eigenvalue weighted by molar-refractivity contribution is 0.507. The Labute approximate surface area is 103 Å². The molecule has 0 aliphatic rings. The number of rotatable bonds is 2. The van der Waals surface area contributed by atoms with Gasteiger partial charge in [0.15, 0.2) is 5.76 Å². The first kappa shape index (κ1) is 10.4. The van der Waals surface area contributed by atoms with Crippen molar-refractivity contribution >= 4 is 22.6 Å². The van der Waals surface area contributed by atoms with E-state index in [4.69, 9.17) is 20.4 Å². The quantitative estimate of drug-likeness (QED) is 0.631. The van der Waals surface area contributed by atoms with E-state index < -0.39 is 0 Å². The summed E-state index contributed by atoms with van der Waals surface area (Å²) in [7, 11) is 0. The monoisotopic (exact) mass is 247 g/mol. The zero-order valence-corrected chi connectivity index (χ0v) is 9.94.